The summed E-state index contributed by atoms with van der Waals surface area (Å²) < 4.78 is 7.80. The third-order valence-electron chi connectivity index (χ3n) is 3.75. The van der Waals surface area contributed by atoms with Gasteiger partial charge in [0.1, 0.15) is 0 Å². The molecule has 0 amide bonds. The van der Waals surface area contributed by atoms with Gasteiger partial charge in [0, 0.05) is 30.4 Å². The Hall–Kier alpha value is -0.870. The molecule has 4 nitrogen and oxygen atoms in total. The molecule has 0 radical (unpaired) electrons. The van der Waals surface area contributed by atoms with Crippen LogP contribution in [0.1, 0.15) is 47.1 Å². The van der Waals surface area contributed by atoms with Crippen LogP contribution in [0.4, 0.5) is 0 Å². The predicted octanol–water partition coefficient (Wildman–Crippen LogP) is 2.64. The molecule has 108 valence electrons. The van der Waals surface area contributed by atoms with E-state index in [0.29, 0.717) is 6.10 Å². The highest BCUT2D eigenvalue weighted by molar-refractivity contribution is 5.07. The van der Waals surface area contributed by atoms with Crippen molar-refractivity contribution in [3.8, 4) is 0 Å². The largest absolute Gasteiger partial charge is 0.375 e. The van der Waals surface area contributed by atoms with Crippen molar-refractivity contribution in [2.75, 3.05) is 13.2 Å². The lowest BCUT2D eigenvalue weighted by Crippen LogP contribution is -2.54. The van der Waals surface area contributed by atoms with E-state index in [2.05, 4.69) is 57.7 Å². The van der Waals surface area contributed by atoms with Crippen LogP contribution in [-0.2, 0) is 16.8 Å². The first-order valence-electron chi connectivity index (χ1n) is 7.09. The molecule has 4 heteroatoms. The average Bonchev–Trinajstić information content (AvgIpc) is 2.72. The van der Waals surface area contributed by atoms with Crippen LogP contribution in [0.3, 0.4) is 0 Å². The van der Waals surface area contributed by atoms with Gasteiger partial charge < -0.3 is 4.74 Å². The first-order chi connectivity index (χ1) is 8.68. The van der Waals surface area contributed by atoms with Gasteiger partial charge in [0.2, 0.25) is 0 Å². The highest BCUT2D eigenvalue weighted by Crippen LogP contribution is 2.24. The summed E-state index contributed by atoms with van der Waals surface area (Å²) in [5.41, 5.74) is 1.42. The summed E-state index contributed by atoms with van der Waals surface area (Å²) in [5.74, 6) is 0. The van der Waals surface area contributed by atoms with Crippen LogP contribution in [-0.4, -0.2) is 39.5 Å². The number of hydrogen-bond donors (Lipinski definition) is 0. The van der Waals surface area contributed by atoms with Crippen LogP contribution in [0.15, 0.2) is 12.4 Å². The van der Waals surface area contributed by atoms with Gasteiger partial charge >= 0.3 is 0 Å². The maximum absolute atomic E-state index is 5.76. The van der Waals surface area contributed by atoms with E-state index in [1.807, 2.05) is 10.9 Å². The molecule has 1 aliphatic rings. The van der Waals surface area contributed by atoms with Crippen molar-refractivity contribution in [3.05, 3.63) is 18.0 Å². The summed E-state index contributed by atoms with van der Waals surface area (Å²) >= 11 is 0. The Morgan fingerprint density at radius 2 is 2.11 bits per heavy atom. The molecule has 1 aromatic rings. The molecule has 0 bridgehead atoms. The molecule has 1 atom stereocenters. The second kappa shape index (κ2) is 4.91. The normalized spacial score (nSPS) is 24.6. The minimum atomic E-state index is 0.0477. The van der Waals surface area contributed by atoms with E-state index in [4.69, 9.17) is 4.74 Å². The molecular formula is C15H27N3O. The fourth-order valence-corrected chi connectivity index (χ4v) is 2.36. The van der Waals surface area contributed by atoms with Gasteiger partial charge in [-0.15, -0.1) is 0 Å². The van der Waals surface area contributed by atoms with E-state index in [9.17, 15) is 0 Å². The maximum atomic E-state index is 5.76. The zero-order valence-corrected chi connectivity index (χ0v) is 13.1. The number of morpholine rings is 1. The zero-order valence-electron chi connectivity index (χ0n) is 13.1. The van der Waals surface area contributed by atoms with Crippen LogP contribution in [0.2, 0.25) is 0 Å². The van der Waals surface area contributed by atoms with Crippen molar-refractivity contribution >= 4 is 0 Å². The standard InChI is InChI=1S/C15H27N3O/c1-12-8-17(15(5,6)11-19-12)9-13-7-16-18(10-13)14(2,3)4/h7,10,12H,8-9,11H2,1-6H3/t12-/m1/s1. The van der Waals surface area contributed by atoms with Crippen LogP contribution < -0.4 is 0 Å². The lowest BCUT2D eigenvalue weighted by Gasteiger charge is -2.44. The minimum Gasteiger partial charge on any atom is -0.375 e. The van der Waals surface area contributed by atoms with Gasteiger partial charge in [-0.2, -0.15) is 5.10 Å². The Bertz CT molecular complexity index is 431. The Morgan fingerprint density at radius 1 is 1.42 bits per heavy atom. The highest BCUT2D eigenvalue weighted by atomic mass is 16.5. The lowest BCUT2D eigenvalue weighted by molar-refractivity contribution is -0.0949. The van der Waals surface area contributed by atoms with Gasteiger partial charge in [-0.3, -0.25) is 9.58 Å². The quantitative estimate of drug-likeness (QED) is 0.823. The van der Waals surface area contributed by atoms with Crippen molar-refractivity contribution in [2.45, 2.75) is 65.3 Å². The fraction of sp³-hybridized carbons (Fsp3) is 0.800. The first-order valence-corrected chi connectivity index (χ1v) is 7.09. The average molecular weight is 265 g/mol. The lowest BCUT2D eigenvalue weighted by atomic mass is 10.0. The van der Waals surface area contributed by atoms with Crippen molar-refractivity contribution in [1.29, 1.82) is 0 Å². The molecule has 1 aliphatic heterocycles. The molecule has 2 rings (SSSR count). The molecule has 1 fully saturated rings. The highest BCUT2D eigenvalue weighted by Gasteiger charge is 2.33. The first kappa shape index (κ1) is 14.5. The van der Waals surface area contributed by atoms with Gasteiger partial charge in [0.15, 0.2) is 0 Å². The number of nitrogens with zero attached hydrogens (tertiary/aromatic N) is 3. The second-order valence-electron chi connectivity index (χ2n) is 7.28. The minimum absolute atomic E-state index is 0.0477. The second-order valence-corrected chi connectivity index (χ2v) is 7.28. The number of aromatic nitrogens is 2. The Kier molecular flexibility index (Phi) is 3.76. The third-order valence-corrected chi connectivity index (χ3v) is 3.75. The Labute approximate surface area is 116 Å². The molecular weight excluding hydrogens is 238 g/mol. The molecule has 0 unspecified atom stereocenters. The number of rotatable bonds is 2. The molecule has 19 heavy (non-hydrogen) atoms. The number of ether oxygens (including phenoxy) is 1. The molecule has 1 saturated heterocycles. The van der Waals surface area contributed by atoms with E-state index in [1.54, 1.807) is 0 Å². The van der Waals surface area contributed by atoms with E-state index >= 15 is 0 Å². The third kappa shape index (κ3) is 3.37. The van der Waals surface area contributed by atoms with E-state index in [0.717, 1.165) is 19.7 Å². The summed E-state index contributed by atoms with van der Waals surface area (Å²) in [5, 5.41) is 4.48. The molecule has 1 aromatic heterocycles. The summed E-state index contributed by atoms with van der Waals surface area (Å²) in [6.45, 7) is 15.9. The number of hydrogen-bond acceptors (Lipinski definition) is 3. The molecule has 2 heterocycles. The van der Waals surface area contributed by atoms with Gasteiger partial charge in [0.25, 0.3) is 0 Å². The van der Waals surface area contributed by atoms with Crippen LogP contribution >= 0.6 is 0 Å². The monoisotopic (exact) mass is 265 g/mol. The zero-order chi connectivity index (χ0) is 14.3. The molecule has 0 aliphatic carbocycles. The van der Waals surface area contributed by atoms with Gasteiger partial charge in [0.05, 0.1) is 24.4 Å². The van der Waals surface area contributed by atoms with E-state index in [1.165, 1.54) is 5.56 Å². The summed E-state index contributed by atoms with van der Waals surface area (Å²) in [6.07, 6.45) is 4.46. The SMILES string of the molecule is C[C@@H]1CN(Cc2cnn(C(C)(C)C)c2)C(C)(C)CO1. The predicted molar refractivity (Wildman–Crippen MR) is 77.1 cm³/mol. The van der Waals surface area contributed by atoms with Crippen LogP contribution in [0, 0.1) is 0 Å². The Morgan fingerprint density at radius 3 is 2.68 bits per heavy atom. The van der Waals surface area contributed by atoms with Crippen LogP contribution in [0.5, 0.6) is 0 Å². The maximum Gasteiger partial charge on any atom is 0.0675 e. The summed E-state index contributed by atoms with van der Waals surface area (Å²) in [4.78, 5) is 2.49. The van der Waals surface area contributed by atoms with Crippen molar-refractivity contribution in [3.63, 3.8) is 0 Å². The van der Waals surface area contributed by atoms with Gasteiger partial charge in [-0.25, -0.2) is 0 Å². The summed E-state index contributed by atoms with van der Waals surface area (Å²) in [6, 6.07) is 0. The van der Waals surface area contributed by atoms with E-state index in [-0.39, 0.29) is 11.1 Å². The molecule has 0 N–H and O–H groups in total. The van der Waals surface area contributed by atoms with Gasteiger partial charge in [-0.1, -0.05) is 0 Å². The molecule has 0 aromatic carbocycles. The van der Waals surface area contributed by atoms with Crippen molar-refractivity contribution in [2.24, 2.45) is 0 Å². The molecule has 0 spiro atoms. The Balaban J connectivity index is 2.09. The van der Waals surface area contributed by atoms with E-state index < -0.39 is 0 Å². The van der Waals surface area contributed by atoms with Crippen molar-refractivity contribution < 1.29 is 4.74 Å². The van der Waals surface area contributed by atoms with Gasteiger partial charge in [-0.05, 0) is 41.5 Å². The topological polar surface area (TPSA) is 30.3 Å². The fourth-order valence-electron chi connectivity index (χ4n) is 2.36. The molecule has 0 saturated carbocycles. The smallest absolute Gasteiger partial charge is 0.0675 e. The van der Waals surface area contributed by atoms with Crippen LogP contribution in [0.25, 0.3) is 0 Å². The summed E-state index contributed by atoms with van der Waals surface area (Å²) in [7, 11) is 0. The van der Waals surface area contributed by atoms with Crippen molar-refractivity contribution in [1.82, 2.24) is 14.7 Å².